The first kappa shape index (κ1) is 12.8. The van der Waals surface area contributed by atoms with Crippen molar-refractivity contribution in [1.29, 1.82) is 0 Å². The van der Waals surface area contributed by atoms with Gasteiger partial charge >= 0.3 is 0 Å². The molecule has 1 aromatic heterocycles. The lowest BCUT2D eigenvalue weighted by molar-refractivity contribution is 0.100. The van der Waals surface area contributed by atoms with Gasteiger partial charge in [-0.3, -0.25) is 9.69 Å². The predicted molar refractivity (Wildman–Crippen MR) is 80.9 cm³/mol. The third-order valence-electron chi connectivity index (χ3n) is 4.91. The van der Waals surface area contributed by atoms with Crippen LogP contribution in [0.2, 0.25) is 0 Å². The summed E-state index contributed by atoms with van der Waals surface area (Å²) in [4.78, 5) is 18.6. The van der Waals surface area contributed by atoms with Crippen LogP contribution in [-0.2, 0) is 13.1 Å². The summed E-state index contributed by atoms with van der Waals surface area (Å²) < 4.78 is 2.28. The minimum absolute atomic E-state index is 0.393. The lowest BCUT2D eigenvalue weighted by atomic mass is 10.2. The number of benzene rings is 1. The molecule has 1 aliphatic heterocycles. The van der Waals surface area contributed by atoms with Crippen LogP contribution in [0.3, 0.4) is 0 Å². The highest BCUT2D eigenvalue weighted by Crippen LogP contribution is 2.28. The molecule has 0 atom stereocenters. The van der Waals surface area contributed by atoms with E-state index in [0.29, 0.717) is 5.56 Å². The fourth-order valence-electron chi connectivity index (χ4n) is 3.77. The molecular weight excluding hydrogens is 264 g/mol. The summed E-state index contributed by atoms with van der Waals surface area (Å²) in [5.41, 5.74) is 7.88. The Morgan fingerprint density at radius 2 is 2.05 bits per heavy atom. The molecule has 1 amide bonds. The topological polar surface area (TPSA) is 64.2 Å². The molecular formula is C16H20N4O. The molecule has 1 fully saturated rings. The first-order valence-electron chi connectivity index (χ1n) is 7.75. The van der Waals surface area contributed by atoms with Gasteiger partial charge < -0.3 is 10.3 Å². The molecule has 2 N–H and O–H groups in total. The maximum atomic E-state index is 11.3. The molecule has 4 rings (SSSR count). The van der Waals surface area contributed by atoms with Crippen molar-refractivity contribution in [2.24, 2.45) is 5.73 Å². The van der Waals surface area contributed by atoms with Crippen LogP contribution in [-0.4, -0.2) is 32.9 Å². The van der Waals surface area contributed by atoms with E-state index in [1.807, 2.05) is 12.1 Å². The summed E-state index contributed by atoms with van der Waals surface area (Å²) in [6.07, 6.45) is 5.37. The summed E-state index contributed by atoms with van der Waals surface area (Å²) in [5, 5.41) is 0. The first-order chi connectivity index (χ1) is 10.2. The van der Waals surface area contributed by atoms with Gasteiger partial charge in [0, 0.05) is 24.7 Å². The van der Waals surface area contributed by atoms with Crippen LogP contribution in [0, 0.1) is 0 Å². The Labute approximate surface area is 123 Å². The minimum Gasteiger partial charge on any atom is -0.366 e. The molecule has 1 aromatic carbocycles. The highest BCUT2D eigenvalue weighted by Gasteiger charge is 2.27. The number of rotatable bonds is 2. The average Bonchev–Trinajstić information content (AvgIpc) is 3.13. The van der Waals surface area contributed by atoms with E-state index in [-0.39, 0.29) is 0 Å². The number of fused-ring (bicyclic) bond motifs is 3. The Bertz CT molecular complexity index is 700. The largest absolute Gasteiger partial charge is 0.366 e. The van der Waals surface area contributed by atoms with Crippen molar-refractivity contribution in [3.05, 3.63) is 29.6 Å². The minimum atomic E-state index is -0.393. The van der Waals surface area contributed by atoms with E-state index in [2.05, 4.69) is 9.47 Å². The third kappa shape index (κ3) is 2.12. The van der Waals surface area contributed by atoms with Crippen LogP contribution in [0.5, 0.6) is 0 Å². The standard InChI is InChI=1S/C16H20N4O/c17-16(21)11-5-6-14-13(9-11)18-15-10-19(7-8-20(14)15)12-3-1-2-4-12/h5-6,9,12H,1-4,7-8,10H2,(H2,17,21). The fourth-order valence-corrected chi connectivity index (χ4v) is 3.77. The molecule has 0 saturated heterocycles. The van der Waals surface area contributed by atoms with Gasteiger partial charge in [0.1, 0.15) is 5.82 Å². The first-order valence-corrected chi connectivity index (χ1v) is 7.75. The molecule has 2 heterocycles. The summed E-state index contributed by atoms with van der Waals surface area (Å²) >= 11 is 0. The number of primary amides is 1. The van der Waals surface area contributed by atoms with Crippen LogP contribution < -0.4 is 5.73 Å². The van der Waals surface area contributed by atoms with Crippen LogP contribution in [0.25, 0.3) is 11.0 Å². The molecule has 110 valence electrons. The number of amides is 1. The van der Waals surface area contributed by atoms with Crippen LogP contribution in [0.1, 0.15) is 41.9 Å². The molecule has 0 radical (unpaired) electrons. The highest BCUT2D eigenvalue weighted by atomic mass is 16.1. The number of hydrogen-bond donors (Lipinski definition) is 1. The van der Waals surface area contributed by atoms with E-state index in [1.54, 1.807) is 6.07 Å². The van der Waals surface area contributed by atoms with Gasteiger partial charge in [0.2, 0.25) is 5.91 Å². The Kier molecular flexibility index (Phi) is 2.96. The number of carbonyl (C=O) groups excluding carboxylic acids is 1. The van der Waals surface area contributed by atoms with E-state index in [1.165, 1.54) is 25.7 Å². The van der Waals surface area contributed by atoms with Crippen molar-refractivity contribution in [1.82, 2.24) is 14.5 Å². The second-order valence-electron chi connectivity index (χ2n) is 6.16. The molecule has 5 nitrogen and oxygen atoms in total. The summed E-state index contributed by atoms with van der Waals surface area (Å²) in [5.74, 6) is 0.722. The zero-order valence-corrected chi connectivity index (χ0v) is 12.1. The molecule has 21 heavy (non-hydrogen) atoms. The van der Waals surface area contributed by atoms with Crippen LogP contribution in [0.15, 0.2) is 18.2 Å². The maximum absolute atomic E-state index is 11.3. The molecule has 2 aliphatic rings. The maximum Gasteiger partial charge on any atom is 0.248 e. The predicted octanol–water partition coefficient (Wildman–Crippen LogP) is 1.89. The SMILES string of the molecule is NC(=O)c1ccc2c(c1)nc1n2CCN(C2CCCC2)C1. The number of carbonyl (C=O) groups is 1. The number of aromatic nitrogens is 2. The fraction of sp³-hybridized carbons (Fsp3) is 0.500. The molecule has 0 bridgehead atoms. The lowest BCUT2D eigenvalue weighted by Crippen LogP contribution is -2.39. The summed E-state index contributed by atoms with van der Waals surface area (Å²) in [6.45, 7) is 3.00. The van der Waals surface area contributed by atoms with Gasteiger partial charge in [-0.25, -0.2) is 4.98 Å². The van der Waals surface area contributed by atoms with Crippen molar-refractivity contribution >= 4 is 16.9 Å². The molecule has 0 spiro atoms. The Hall–Kier alpha value is -1.88. The van der Waals surface area contributed by atoms with Gasteiger partial charge in [0.25, 0.3) is 0 Å². The second kappa shape index (κ2) is 4.84. The molecule has 1 aliphatic carbocycles. The van der Waals surface area contributed by atoms with Gasteiger partial charge in [-0.2, -0.15) is 0 Å². The van der Waals surface area contributed by atoms with E-state index in [9.17, 15) is 4.79 Å². The smallest absolute Gasteiger partial charge is 0.248 e. The second-order valence-corrected chi connectivity index (χ2v) is 6.16. The van der Waals surface area contributed by atoms with Crippen molar-refractivity contribution in [2.45, 2.75) is 44.8 Å². The number of nitrogens with zero attached hydrogens (tertiary/aromatic N) is 3. The quantitative estimate of drug-likeness (QED) is 0.916. The zero-order valence-electron chi connectivity index (χ0n) is 12.1. The Balaban J connectivity index is 1.68. The normalized spacial score (nSPS) is 20.0. The van der Waals surface area contributed by atoms with Crippen molar-refractivity contribution in [3.8, 4) is 0 Å². The summed E-state index contributed by atoms with van der Waals surface area (Å²) in [6, 6.07) is 6.31. The van der Waals surface area contributed by atoms with Crippen molar-refractivity contribution in [3.63, 3.8) is 0 Å². The number of hydrogen-bond acceptors (Lipinski definition) is 3. The Morgan fingerprint density at radius 3 is 2.81 bits per heavy atom. The average molecular weight is 284 g/mol. The van der Waals surface area contributed by atoms with Gasteiger partial charge in [-0.1, -0.05) is 12.8 Å². The van der Waals surface area contributed by atoms with Crippen LogP contribution in [0.4, 0.5) is 0 Å². The van der Waals surface area contributed by atoms with E-state index in [0.717, 1.165) is 42.5 Å². The monoisotopic (exact) mass is 284 g/mol. The van der Waals surface area contributed by atoms with Gasteiger partial charge in [0.05, 0.1) is 17.6 Å². The number of nitrogens with two attached hydrogens (primary N) is 1. The van der Waals surface area contributed by atoms with Gasteiger partial charge in [-0.05, 0) is 31.0 Å². The molecule has 2 aromatic rings. The van der Waals surface area contributed by atoms with E-state index >= 15 is 0 Å². The molecule has 0 unspecified atom stereocenters. The molecule has 1 saturated carbocycles. The van der Waals surface area contributed by atoms with Crippen molar-refractivity contribution < 1.29 is 4.79 Å². The highest BCUT2D eigenvalue weighted by molar-refractivity contribution is 5.96. The van der Waals surface area contributed by atoms with E-state index in [4.69, 9.17) is 10.7 Å². The van der Waals surface area contributed by atoms with Gasteiger partial charge in [-0.15, -0.1) is 0 Å². The Morgan fingerprint density at radius 1 is 1.24 bits per heavy atom. The number of imidazole rings is 1. The van der Waals surface area contributed by atoms with Crippen molar-refractivity contribution in [2.75, 3.05) is 6.54 Å². The van der Waals surface area contributed by atoms with E-state index < -0.39 is 5.91 Å². The third-order valence-corrected chi connectivity index (χ3v) is 4.91. The lowest BCUT2D eigenvalue weighted by Gasteiger charge is -2.32. The van der Waals surface area contributed by atoms with Crippen LogP contribution >= 0.6 is 0 Å². The molecule has 5 heteroatoms. The van der Waals surface area contributed by atoms with Gasteiger partial charge in [0.15, 0.2) is 0 Å². The zero-order chi connectivity index (χ0) is 14.4. The summed E-state index contributed by atoms with van der Waals surface area (Å²) in [7, 11) is 0.